The van der Waals surface area contributed by atoms with Crippen LogP contribution in [-0.2, 0) is 0 Å². The summed E-state index contributed by atoms with van der Waals surface area (Å²) in [5.74, 6) is -0.257. The Labute approximate surface area is 129 Å². The molecule has 1 aliphatic rings. The molecule has 1 aliphatic carbocycles. The minimum absolute atomic E-state index is 0.0309. The molecule has 0 saturated heterocycles. The zero-order valence-electron chi connectivity index (χ0n) is 13.1. The van der Waals surface area contributed by atoms with Crippen molar-refractivity contribution in [3.8, 4) is 5.69 Å². The van der Waals surface area contributed by atoms with Gasteiger partial charge in [0.15, 0.2) is 0 Å². The molecule has 5 heteroatoms. The van der Waals surface area contributed by atoms with Gasteiger partial charge in [0.2, 0.25) is 0 Å². The molecule has 2 aromatic rings. The molecule has 22 heavy (non-hydrogen) atoms. The molecule has 1 fully saturated rings. The largest absolute Gasteiger partial charge is 0.333 e. The van der Waals surface area contributed by atoms with E-state index in [1.807, 2.05) is 25.7 Å². The molecule has 1 amide bonds. The topological polar surface area (TPSA) is 38.1 Å². The Morgan fingerprint density at radius 1 is 1.32 bits per heavy atom. The maximum absolute atomic E-state index is 13.0. The van der Waals surface area contributed by atoms with Gasteiger partial charge < -0.3 is 4.90 Å². The van der Waals surface area contributed by atoms with Crippen LogP contribution >= 0.6 is 0 Å². The minimum Gasteiger partial charge on any atom is -0.333 e. The van der Waals surface area contributed by atoms with E-state index in [0.717, 1.165) is 24.2 Å². The van der Waals surface area contributed by atoms with Crippen LogP contribution in [0.15, 0.2) is 30.5 Å². The zero-order chi connectivity index (χ0) is 15.9. The van der Waals surface area contributed by atoms with Gasteiger partial charge >= 0.3 is 0 Å². The number of aromatic nitrogens is 2. The Morgan fingerprint density at radius 3 is 2.50 bits per heavy atom. The maximum Gasteiger partial charge on any atom is 0.257 e. The lowest BCUT2D eigenvalue weighted by atomic mass is 10.2. The molecule has 0 atom stereocenters. The van der Waals surface area contributed by atoms with E-state index < -0.39 is 0 Å². The van der Waals surface area contributed by atoms with Crippen molar-refractivity contribution in [1.29, 1.82) is 0 Å². The van der Waals surface area contributed by atoms with Crippen LogP contribution in [0, 0.1) is 12.7 Å². The number of halogens is 1. The van der Waals surface area contributed by atoms with Crippen molar-refractivity contribution in [2.45, 2.75) is 45.7 Å². The van der Waals surface area contributed by atoms with Gasteiger partial charge in [0.05, 0.1) is 23.1 Å². The molecule has 0 N–H and O–H groups in total. The summed E-state index contributed by atoms with van der Waals surface area (Å²) in [5.41, 5.74) is 2.15. The monoisotopic (exact) mass is 301 g/mol. The highest BCUT2D eigenvalue weighted by molar-refractivity contribution is 5.95. The molecule has 0 aliphatic heterocycles. The van der Waals surface area contributed by atoms with Crippen LogP contribution in [-0.4, -0.2) is 32.7 Å². The Hall–Kier alpha value is -2.17. The molecule has 0 bridgehead atoms. The van der Waals surface area contributed by atoms with Crippen molar-refractivity contribution in [1.82, 2.24) is 14.7 Å². The number of carbonyl (C=O) groups is 1. The number of benzene rings is 1. The molecule has 4 nitrogen and oxygen atoms in total. The molecule has 1 saturated carbocycles. The Bertz CT molecular complexity index is 684. The van der Waals surface area contributed by atoms with Crippen molar-refractivity contribution in [3.05, 3.63) is 47.5 Å². The van der Waals surface area contributed by atoms with Crippen LogP contribution in [0.2, 0.25) is 0 Å². The third-order valence-electron chi connectivity index (χ3n) is 4.04. The number of hydrogen-bond donors (Lipinski definition) is 0. The lowest BCUT2D eigenvalue weighted by molar-refractivity contribution is 0.0689. The fraction of sp³-hybridized carbons (Fsp3) is 0.412. The van der Waals surface area contributed by atoms with Crippen molar-refractivity contribution in [3.63, 3.8) is 0 Å². The number of nitrogens with zero attached hydrogens (tertiary/aromatic N) is 3. The van der Waals surface area contributed by atoms with Gasteiger partial charge in [-0.3, -0.25) is 4.79 Å². The smallest absolute Gasteiger partial charge is 0.257 e. The van der Waals surface area contributed by atoms with E-state index in [0.29, 0.717) is 11.6 Å². The molecule has 0 radical (unpaired) electrons. The first kappa shape index (κ1) is 14.8. The van der Waals surface area contributed by atoms with E-state index >= 15 is 0 Å². The highest BCUT2D eigenvalue weighted by Crippen LogP contribution is 2.30. The van der Waals surface area contributed by atoms with Crippen LogP contribution in [0.25, 0.3) is 5.69 Å². The Kier molecular flexibility index (Phi) is 3.72. The Balaban J connectivity index is 1.92. The molecule has 0 spiro atoms. The lowest BCUT2D eigenvalue weighted by Crippen LogP contribution is -2.38. The summed E-state index contributed by atoms with van der Waals surface area (Å²) in [6.07, 6.45) is 3.77. The van der Waals surface area contributed by atoms with Crippen LogP contribution in [0.1, 0.15) is 42.7 Å². The molecule has 3 rings (SSSR count). The average Bonchev–Trinajstić information content (AvgIpc) is 3.22. The van der Waals surface area contributed by atoms with Gasteiger partial charge in [-0.1, -0.05) is 0 Å². The molecular weight excluding hydrogens is 281 g/mol. The SMILES string of the molecule is Cc1c(C(=O)N(C(C)C)C2CC2)cnn1-c1ccc(F)cc1. The van der Waals surface area contributed by atoms with Crippen LogP contribution in [0.5, 0.6) is 0 Å². The first-order chi connectivity index (χ1) is 10.5. The summed E-state index contributed by atoms with van der Waals surface area (Å²) in [6.45, 7) is 5.95. The molecule has 0 unspecified atom stereocenters. The lowest BCUT2D eigenvalue weighted by Gasteiger charge is -2.26. The average molecular weight is 301 g/mol. The van der Waals surface area contributed by atoms with E-state index in [9.17, 15) is 9.18 Å². The second-order valence-electron chi connectivity index (χ2n) is 6.07. The van der Waals surface area contributed by atoms with Crippen molar-refractivity contribution in [2.75, 3.05) is 0 Å². The van der Waals surface area contributed by atoms with Gasteiger partial charge in [-0.05, 0) is 57.9 Å². The molecule has 1 heterocycles. The first-order valence-electron chi connectivity index (χ1n) is 7.62. The van der Waals surface area contributed by atoms with Gasteiger partial charge in [0.1, 0.15) is 5.82 Å². The molecule has 1 aromatic heterocycles. The van der Waals surface area contributed by atoms with E-state index in [1.54, 1.807) is 23.0 Å². The predicted molar refractivity (Wildman–Crippen MR) is 82.6 cm³/mol. The highest BCUT2D eigenvalue weighted by Gasteiger charge is 2.35. The molecule has 1 aromatic carbocycles. The standard InChI is InChI=1S/C17H20FN3O/c1-11(2)20(14-8-9-14)17(22)16-10-19-21(12(16)3)15-6-4-13(18)5-7-15/h4-7,10-11,14H,8-9H2,1-3H3. The fourth-order valence-electron chi connectivity index (χ4n) is 2.78. The fourth-order valence-corrected chi connectivity index (χ4v) is 2.78. The van der Waals surface area contributed by atoms with Crippen LogP contribution < -0.4 is 0 Å². The highest BCUT2D eigenvalue weighted by atomic mass is 19.1. The van der Waals surface area contributed by atoms with Crippen molar-refractivity contribution in [2.24, 2.45) is 0 Å². The number of rotatable bonds is 4. The molecule has 116 valence electrons. The third kappa shape index (κ3) is 2.63. The summed E-state index contributed by atoms with van der Waals surface area (Å²) in [7, 11) is 0. The predicted octanol–water partition coefficient (Wildman–Crippen LogP) is 3.33. The summed E-state index contributed by atoms with van der Waals surface area (Å²) in [4.78, 5) is 14.7. The summed E-state index contributed by atoms with van der Waals surface area (Å²) >= 11 is 0. The molecular formula is C17H20FN3O. The van der Waals surface area contributed by atoms with E-state index in [-0.39, 0.29) is 17.8 Å². The second-order valence-corrected chi connectivity index (χ2v) is 6.07. The van der Waals surface area contributed by atoms with Crippen molar-refractivity contribution >= 4 is 5.91 Å². The summed E-state index contributed by atoms with van der Waals surface area (Å²) in [6, 6.07) is 6.63. The van der Waals surface area contributed by atoms with Crippen LogP contribution in [0.4, 0.5) is 4.39 Å². The minimum atomic E-state index is -0.287. The normalized spacial score (nSPS) is 14.4. The number of hydrogen-bond acceptors (Lipinski definition) is 2. The van der Waals surface area contributed by atoms with Gasteiger partial charge in [-0.2, -0.15) is 5.10 Å². The van der Waals surface area contributed by atoms with E-state index in [1.165, 1.54) is 12.1 Å². The summed E-state index contributed by atoms with van der Waals surface area (Å²) in [5, 5.41) is 4.30. The first-order valence-corrected chi connectivity index (χ1v) is 7.62. The number of carbonyl (C=O) groups excluding carboxylic acids is 1. The van der Waals surface area contributed by atoms with Crippen molar-refractivity contribution < 1.29 is 9.18 Å². The second kappa shape index (κ2) is 5.55. The Morgan fingerprint density at radius 2 is 1.95 bits per heavy atom. The van der Waals surface area contributed by atoms with Gasteiger partial charge in [0.25, 0.3) is 5.91 Å². The third-order valence-corrected chi connectivity index (χ3v) is 4.04. The summed E-state index contributed by atoms with van der Waals surface area (Å²) < 4.78 is 14.7. The quantitative estimate of drug-likeness (QED) is 0.868. The van der Waals surface area contributed by atoms with E-state index in [2.05, 4.69) is 5.10 Å². The van der Waals surface area contributed by atoms with Crippen LogP contribution in [0.3, 0.4) is 0 Å². The zero-order valence-corrected chi connectivity index (χ0v) is 13.1. The van der Waals surface area contributed by atoms with E-state index in [4.69, 9.17) is 0 Å². The van der Waals surface area contributed by atoms with Gasteiger partial charge in [-0.25, -0.2) is 9.07 Å². The van der Waals surface area contributed by atoms with Gasteiger partial charge in [0, 0.05) is 12.1 Å². The number of amides is 1. The van der Waals surface area contributed by atoms with Gasteiger partial charge in [-0.15, -0.1) is 0 Å². The maximum atomic E-state index is 13.0.